The topological polar surface area (TPSA) is 67.9 Å². The van der Waals surface area contributed by atoms with Crippen molar-refractivity contribution >= 4 is 35.0 Å². The van der Waals surface area contributed by atoms with Crippen LogP contribution in [-0.4, -0.2) is 42.0 Å². The van der Waals surface area contributed by atoms with Gasteiger partial charge in [-0.25, -0.2) is 0 Å². The van der Waals surface area contributed by atoms with E-state index in [1.54, 1.807) is 17.0 Å². The first-order valence-electron chi connectivity index (χ1n) is 13.7. The average Bonchev–Trinajstić information content (AvgIpc) is 2.93. The number of aryl methyl sites for hydroxylation is 1. The Morgan fingerprint density at radius 3 is 2.15 bits per heavy atom. The number of halogens is 2. The van der Waals surface area contributed by atoms with Gasteiger partial charge in [0.15, 0.2) is 11.5 Å². The number of rotatable bonds is 14. The van der Waals surface area contributed by atoms with E-state index < -0.39 is 6.04 Å². The summed E-state index contributed by atoms with van der Waals surface area (Å²) in [7, 11) is 0. The molecule has 1 N–H and O–H groups in total. The molecule has 0 saturated heterocycles. The van der Waals surface area contributed by atoms with Gasteiger partial charge in [-0.1, -0.05) is 65.7 Å². The molecule has 0 fully saturated rings. The quantitative estimate of drug-likeness (QED) is 0.224. The number of carbonyl (C=O) groups excluding carboxylic acids is 2. The van der Waals surface area contributed by atoms with Crippen molar-refractivity contribution in [2.75, 3.05) is 13.2 Å². The van der Waals surface area contributed by atoms with E-state index in [4.69, 9.17) is 32.7 Å². The predicted octanol–water partition coefficient (Wildman–Crippen LogP) is 6.89. The lowest BCUT2D eigenvalue weighted by atomic mass is 10.0. The van der Waals surface area contributed by atoms with Crippen LogP contribution in [0.25, 0.3) is 0 Å². The molecule has 0 aliphatic heterocycles. The molecule has 8 heteroatoms. The van der Waals surface area contributed by atoms with Gasteiger partial charge in [0.05, 0.1) is 23.3 Å². The van der Waals surface area contributed by atoms with Crippen LogP contribution >= 0.6 is 23.2 Å². The number of ether oxygens (including phenoxy) is 2. The van der Waals surface area contributed by atoms with E-state index in [1.807, 2.05) is 82.3 Å². The Hall–Kier alpha value is -3.22. The molecule has 0 spiro atoms. The molecule has 0 aliphatic carbocycles. The van der Waals surface area contributed by atoms with Crippen molar-refractivity contribution in [3.8, 4) is 11.5 Å². The van der Waals surface area contributed by atoms with Crippen LogP contribution in [-0.2, 0) is 29.0 Å². The fourth-order valence-corrected chi connectivity index (χ4v) is 4.74. The van der Waals surface area contributed by atoms with Gasteiger partial charge in [-0.2, -0.15) is 0 Å². The summed E-state index contributed by atoms with van der Waals surface area (Å²) in [5.41, 5.74) is 2.70. The number of hydrogen-bond donors (Lipinski definition) is 1. The first-order valence-corrected chi connectivity index (χ1v) is 14.4. The molecule has 0 aromatic heterocycles. The third-order valence-electron chi connectivity index (χ3n) is 6.27. The molecule has 0 bridgehead atoms. The third-order valence-corrected chi connectivity index (χ3v) is 7.01. The van der Waals surface area contributed by atoms with Crippen molar-refractivity contribution in [1.29, 1.82) is 0 Å². The molecule has 1 atom stereocenters. The molecule has 1 unspecified atom stereocenters. The van der Waals surface area contributed by atoms with E-state index in [0.717, 1.165) is 16.7 Å². The first-order chi connectivity index (χ1) is 19.2. The lowest BCUT2D eigenvalue weighted by Crippen LogP contribution is -2.51. The maximum Gasteiger partial charge on any atom is 0.243 e. The number of amides is 2. The summed E-state index contributed by atoms with van der Waals surface area (Å²) in [5.74, 6) is 0.985. The zero-order valence-electron chi connectivity index (χ0n) is 23.6. The Labute approximate surface area is 247 Å². The van der Waals surface area contributed by atoms with Crippen LogP contribution < -0.4 is 14.8 Å². The van der Waals surface area contributed by atoms with Crippen molar-refractivity contribution in [3.05, 3.63) is 93.5 Å². The summed E-state index contributed by atoms with van der Waals surface area (Å²) >= 11 is 12.4. The van der Waals surface area contributed by atoms with Gasteiger partial charge < -0.3 is 19.7 Å². The van der Waals surface area contributed by atoms with Crippen LogP contribution in [0.4, 0.5) is 0 Å². The minimum atomic E-state index is -0.717. The average molecular weight is 586 g/mol. The normalized spacial score (nSPS) is 11.7. The molecule has 2 amide bonds. The highest BCUT2D eigenvalue weighted by molar-refractivity contribution is 6.42. The van der Waals surface area contributed by atoms with E-state index in [2.05, 4.69) is 5.32 Å². The largest absolute Gasteiger partial charge is 0.490 e. The number of nitrogens with one attached hydrogen (secondary N) is 1. The smallest absolute Gasteiger partial charge is 0.243 e. The van der Waals surface area contributed by atoms with Gasteiger partial charge in [0.2, 0.25) is 11.8 Å². The predicted molar refractivity (Wildman–Crippen MR) is 161 cm³/mol. The summed E-state index contributed by atoms with van der Waals surface area (Å²) < 4.78 is 11.4. The summed E-state index contributed by atoms with van der Waals surface area (Å²) in [5, 5.41) is 3.84. The summed E-state index contributed by atoms with van der Waals surface area (Å²) in [6.07, 6.45) is 1.07. The molecular weight excluding hydrogens is 547 g/mol. The molecular formula is C32H38Cl2N2O4. The lowest BCUT2D eigenvalue weighted by Gasteiger charge is -2.32. The van der Waals surface area contributed by atoms with Gasteiger partial charge in [-0.05, 0) is 75.1 Å². The third kappa shape index (κ3) is 9.17. The summed E-state index contributed by atoms with van der Waals surface area (Å²) in [4.78, 5) is 29.1. The first kappa shape index (κ1) is 31.3. The Morgan fingerprint density at radius 1 is 0.825 bits per heavy atom. The molecule has 0 aliphatic rings. The molecule has 0 heterocycles. The fraction of sp³-hybridized carbons (Fsp3) is 0.375. The van der Waals surface area contributed by atoms with Crippen molar-refractivity contribution < 1.29 is 19.1 Å². The number of carbonyl (C=O) groups is 2. The molecule has 214 valence electrons. The van der Waals surface area contributed by atoms with Gasteiger partial charge >= 0.3 is 0 Å². The van der Waals surface area contributed by atoms with Crippen LogP contribution in [0.15, 0.2) is 66.7 Å². The van der Waals surface area contributed by atoms with Crippen molar-refractivity contribution in [2.24, 2.45) is 0 Å². The second-order valence-corrected chi connectivity index (χ2v) is 10.6. The number of hydrogen-bond acceptors (Lipinski definition) is 4. The maximum absolute atomic E-state index is 13.9. The zero-order valence-corrected chi connectivity index (χ0v) is 25.1. The Bertz CT molecular complexity index is 1270. The van der Waals surface area contributed by atoms with Crippen molar-refractivity contribution in [1.82, 2.24) is 10.2 Å². The van der Waals surface area contributed by atoms with Crippen molar-refractivity contribution in [3.63, 3.8) is 0 Å². The second kappa shape index (κ2) is 15.5. The molecule has 40 heavy (non-hydrogen) atoms. The standard InChI is InChI=1S/C32H38Cl2N2O4/c1-5-39-29-16-13-24(20-30(29)40-6-2)14-17-31(37)36(21-25-12-15-26(33)27(34)18-25)28(32(38)35-22(3)4)19-23-10-8-7-9-11-23/h7-13,15-16,18,20,22,28H,5-6,14,17,19,21H2,1-4H3,(H,35,38). The second-order valence-electron chi connectivity index (χ2n) is 9.79. The molecule has 0 radical (unpaired) electrons. The monoisotopic (exact) mass is 584 g/mol. The minimum absolute atomic E-state index is 0.0754. The van der Waals surface area contributed by atoms with Gasteiger partial charge in [-0.3, -0.25) is 9.59 Å². The maximum atomic E-state index is 13.9. The highest BCUT2D eigenvalue weighted by Gasteiger charge is 2.30. The van der Waals surface area contributed by atoms with E-state index in [-0.39, 0.29) is 30.8 Å². The number of benzene rings is 3. The minimum Gasteiger partial charge on any atom is -0.490 e. The Balaban J connectivity index is 1.92. The van der Waals surface area contributed by atoms with Gasteiger partial charge in [0, 0.05) is 25.4 Å². The van der Waals surface area contributed by atoms with E-state index in [1.165, 1.54) is 0 Å². The highest BCUT2D eigenvalue weighted by atomic mass is 35.5. The molecule has 3 aromatic rings. The van der Waals surface area contributed by atoms with E-state index in [9.17, 15) is 9.59 Å². The van der Waals surface area contributed by atoms with Crippen LogP contribution in [0.1, 0.15) is 50.8 Å². The molecule has 3 rings (SSSR count). The fourth-order valence-electron chi connectivity index (χ4n) is 4.42. The Kier molecular flexibility index (Phi) is 12.2. The van der Waals surface area contributed by atoms with Crippen LogP contribution in [0.3, 0.4) is 0 Å². The van der Waals surface area contributed by atoms with Crippen LogP contribution in [0.2, 0.25) is 10.0 Å². The summed E-state index contributed by atoms with van der Waals surface area (Å²) in [6, 6.07) is 19.9. The Morgan fingerprint density at radius 2 is 1.50 bits per heavy atom. The van der Waals surface area contributed by atoms with Gasteiger partial charge in [-0.15, -0.1) is 0 Å². The SMILES string of the molecule is CCOc1ccc(CCC(=O)N(Cc2ccc(Cl)c(Cl)c2)C(Cc2ccccc2)C(=O)NC(C)C)cc1OCC. The van der Waals surface area contributed by atoms with E-state index >= 15 is 0 Å². The van der Waals surface area contributed by atoms with Gasteiger partial charge in [0.1, 0.15) is 6.04 Å². The summed E-state index contributed by atoms with van der Waals surface area (Å²) in [6.45, 7) is 8.91. The number of nitrogens with zero attached hydrogens (tertiary/aromatic N) is 1. The van der Waals surface area contributed by atoms with Crippen LogP contribution in [0, 0.1) is 0 Å². The van der Waals surface area contributed by atoms with Gasteiger partial charge in [0.25, 0.3) is 0 Å². The van der Waals surface area contributed by atoms with E-state index in [0.29, 0.717) is 47.6 Å². The zero-order chi connectivity index (χ0) is 29.1. The molecule has 0 saturated carbocycles. The van der Waals surface area contributed by atoms with Crippen LogP contribution in [0.5, 0.6) is 11.5 Å². The van der Waals surface area contributed by atoms with Crippen molar-refractivity contribution in [2.45, 2.75) is 65.6 Å². The molecule has 6 nitrogen and oxygen atoms in total. The lowest BCUT2D eigenvalue weighted by molar-refractivity contribution is -0.141. The molecule has 3 aromatic carbocycles. The highest BCUT2D eigenvalue weighted by Crippen LogP contribution is 2.29.